The molecule has 0 saturated carbocycles. The highest BCUT2D eigenvalue weighted by molar-refractivity contribution is 5.85. The lowest BCUT2D eigenvalue weighted by atomic mass is 10.00. The Morgan fingerprint density at radius 1 is 1.28 bits per heavy atom. The molecule has 0 spiro atoms. The van der Waals surface area contributed by atoms with Gasteiger partial charge in [0.1, 0.15) is 5.54 Å². The predicted molar refractivity (Wildman–Crippen MR) is 58.2 cm³/mol. The minimum Gasteiger partial charge on any atom is -0.480 e. The number of hydrogen-bond donors (Lipinski definition) is 3. The first-order valence-electron chi connectivity index (χ1n) is 5.47. The summed E-state index contributed by atoms with van der Waals surface area (Å²) in [6.07, 6.45) is -5.32. The Hall–Kier alpha value is -1.47. The van der Waals surface area contributed by atoms with Crippen LogP contribution in [0.5, 0.6) is 0 Å². The molecule has 8 heteroatoms. The number of alkyl halides is 3. The topological polar surface area (TPSA) is 78.4 Å². The molecule has 0 fully saturated rings. The predicted octanol–water partition coefficient (Wildman–Crippen LogP) is 1.88. The van der Waals surface area contributed by atoms with Crippen molar-refractivity contribution in [3.8, 4) is 0 Å². The van der Waals surface area contributed by atoms with E-state index in [4.69, 9.17) is 5.11 Å². The molecule has 0 heterocycles. The van der Waals surface area contributed by atoms with E-state index in [1.807, 2.05) is 0 Å². The SMILES string of the molecule is CCC(C)(NC(=O)NCCCC(F)(F)F)C(=O)O. The second-order valence-electron chi connectivity index (χ2n) is 4.09. The molecule has 1 atom stereocenters. The van der Waals surface area contributed by atoms with Gasteiger partial charge in [-0.05, 0) is 19.8 Å². The molecule has 0 radical (unpaired) electrons. The normalized spacial score (nSPS) is 14.7. The van der Waals surface area contributed by atoms with E-state index in [2.05, 4.69) is 10.6 Å². The highest BCUT2D eigenvalue weighted by Crippen LogP contribution is 2.20. The third-order valence-corrected chi connectivity index (χ3v) is 2.49. The maximum absolute atomic E-state index is 11.8. The number of carboxylic acids is 1. The Bertz CT molecular complexity index is 307. The first-order valence-corrected chi connectivity index (χ1v) is 5.47. The summed E-state index contributed by atoms with van der Waals surface area (Å²) in [7, 11) is 0. The van der Waals surface area contributed by atoms with E-state index in [0.717, 1.165) is 0 Å². The van der Waals surface area contributed by atoms with Gasteiger partial charge in [-0.2, -0.15) is 13.2 Å². The second-order valence-corrected chi connectivity index (χ2v) is 4.09. The van der Waals surface area contributed by atoms with Crippen LogP contribution in [0.2, 0.25) is 0 Å². The molecular weight excluding hydrogens is 253 g/mol. The minimum atomic E-state index is -4.25. The van der Waals surface area contributed by atoms with E-state index >= 15 is 0 Å². The number of urea groups is 1. The van der Waals surface area contributed by atoms with Crippen LogP contribution < -0.4 is 10.6 Å². The number of hydrogen-bond acceptors (Lipinski definition) is 2. The molecule has 0 aromatic heterocycles. The van der Waals surface area contributed by atoms with Gasteiger partial charge in [-0.15, -0.1) is 0 Å². The average molecular weight is 270 g/mol. The minimum absolute atomic E-state index is 0.162. The number of carboxylic acid groups (broad SMARTS) is 1. The van der Waals surface area contributed by atoms with Gasteiger partial charge in [0.25, 0.3) is 0 Å². The van der Waals surface area contributed by atoms with Crippen LogP contribution in [0, 0.1) is 0 Å². The Morgan fingerprint density at radius 3 is 2.22 bits per heavy atom. The highest BCUT2D eigenvalue weighted by atomic mass is 19.4. The molecule has 0 rings (SSSR count). The molecular formula is C10H17F3N2O3. The van der Waals surface area contributed by atoms with Crippen molar-refractivity contribution in [2.75, 3.05) is 6.54 Å². The zero-order valence-corrected chi connectivity index (χ0v) is 10.2. The molecule has 1 unspecified atom stereocenters. The first-order chi connectivity index (χ1) is 8.10. The van der Waals surface area contributed by atoms with Crippen LogP contribution in [-0.2, 0) is 4.79 Å². The molecule has 3 N–H and O–H groups in total. The van der Waals surface area contributed by atoms with E-state index < -0.39 is 30.1 Å². The summed E-state index contributed by atoms with van der Waals surface area (Å²) < 4.78 is 35.4. The van der Waals surface area contributed by atoms with Gasteiger partial charge >= 0.3 is 18.2 Å². The summed E-state index contributed by atoms with van der Waals surface area (Å²) in [4.78, 5) is 22.1. The number of amides is 2. The zero-order chi connectivity index (χ0) is 14.4. The number of halogens is 3. The van der Waals surface area contributed by atoms with Gasteiger partial charge in [-0.3, -0.25) is 0 Å². The van der Waals surface area contributed by atoms with Crippen molar-refractivity contribution in [3.05, 3.63) is 0 Å². The molecule has 0 aliphatic rings. The number of nitrogens with one attached hydrogen (secondary N) is 2. The maximum Gasteiger partial charge on any atom is 0.389 e. The van der Waals surface area contributed by atoms with E-state index in [1.165, 1.54) is 6.92 Å². The Balaban J connectivity index is 4.02. The van der Waals surface area contributed by atoms with E-state index in [1.54, 1.807) is 6.92 Å². The van der Waals surface area contributed by atoms with Crippen LogP contribution in [0.3, 0.4) is 0 Å². The lowest BCUT2D eigenvalue weighted by Crippen LogP contribution is -2.54. The lowest BCUT2D eigenvalue weighted by molar-refractivity contribution is -0.143. The molecule has 0 saturated heterocycles. The van der Waals surface area contributed by atoms with E-state index in [-0.39, 0.29) is 19.4 Å². The van der Waals surface area contributed by atoms with Gasteiger partial charge in [0.05, 0.1) is 0 Å². The van der Waals surface area contributed by atoms with Gasteiger partial charge < -0.3 is 15.7 Å². The Kier molecular flexibility index (Phi) is 5.93. The average Bonchev–Trinajstić information content (AvgIpc) is 2.22. The second kappa shape index (κ2) is 6.46. The Labute approximate surface area is 103 Å². The van der Waals surface area contributed by atoms with Crippen LogP contribution in [-0.4, -0.2) is 35.4 Å². The lowest BCUT2D eigenvalue weighted by Gasteiger charge is -2.24. The molecule has 2 amide bonds. The van der Waals surface area contributed by atoms with Crippen LogP contribution in [0.25, 0.3) is 0 Å². The molecule has 106 valence electrons. The largest absolute Gasteiger partial charge is 0.480 e. The zero-order valence-electron chi connectivity index (χ0n) is 10.2. The number of carbonyl (C=O) groups is 2. The van der Waals surface area contributed by atoms with E-state index in [0.29, 0.717) is 0 Å². The fourth-order valence-electron chi connectivity index (χ4n) is 1.08. The molecule has 0 bridgehead atoms. The standard InChI is InChI=1S/C10H17F3N2O3/c1-3-9(2,7(16)17)15-8(18)14-6-4-5-10(11,12)13/h3-6H2,1-2H3,(H,16,17)(H2,14,15,18). The smallest absolute Gasteiger partial charge is 0.389 e. The highest BCUT2D eigenvalue weighted by Gasteiger charge is 2.32. The number of rotatable bonds is 6. The fourth-order valence-corrected chi connectivity index (χ4v) is 1.08. The summed E-state index contributed by atoms with van der Waals surface area (Å²) in [5, 5.41) is 13.3. The quantitative estimate of drug-likeness (QED) is 0.645. The van der Waals surface area contributed by atoms with Crippen molar-refractivity contribution in [2.45, 2.75) is 44.8 Å². The molecule has 0 aliphatic heterocycles. The van der Waals surface area contributed by atoms with Gasteiger partial charge in [-0.1, -0.05) is 6.92 Å². The van der Waals surface area contributed by atoms with Crippen LogP contribution in [0.4, 0.5) is 18.0 Å². The summed E-state index contributed by atoms with van der Waals surface area (Å²) in [6, 6.07) is -0.788. The van der Waals surface area contributed by atoms with Crippen molar-refractivity contribution >= 4 is 12.0 Å². The molecule has 5 nitrogen and oxygen atoms in total. The van der Waals surface area contributed by atoms with Crippen molar-refractivity contribution in [3.63, 3.8) is 0 Å². The fraction of sp³-hybridized carbons (Fsp3) is 0.800. The first kappa shape index (κ1) is 16.5. The third-order valence-electron chi connectivity index (χ3n) is 2.49. The van der Waals surface area contributed by atoms with Crippen LogP contribution in [0.15, 0.2) is 0 Å². The summed E-state index contributed by atoms with van der Waals surface area (Å²) >= 11 is 0. The van der Waals surface area contributed by atoms with E-state index in [9.17, 15) is 22.8 Å². The number of aliphatic carboxylic acids is 1. The molecule has 0 aliphatic carbocycles. The number of carbonyl (C=O) groups excluding carboxylic acids is 1. The van der Waals surface area contributed by atoms with Gasteiger partial charge in [-0.25, -0.2) is 9.59 Å². The molecule has 0 aromatic carbocycles. The van der Waals surface area contributed by atoms with Crippen LogP contribution >= 0.6 is 0 Å². The monoisotopic (exact) mass is 270 g/mol. The Morgan fingerprint density at radius 2 is 1.83 bits per heavy atom. The summed E-state index contributed by atoms with van der Waals surface area (Å²) in [6.45, 7) is 2.74. The van der Waals surface area contributed by atoms with Crippen molar-refractivity contribution in [2.24, 2.45) is 0 Å². The molecule has 18 heavy (non-hydrogen) atoms. The van der Waals surface area contributed by atoms with Gasteiger partial charge in [0.15, 0.2) is 0 Å². The summed E-state index contributed by atoms with van der Waals surface area (Å²) in [5.74, 6) is -1.20. The van der Waals surface area contributed by atoms with Crippen molar-refractivity contribution in [1.82, 2.24) is 10.6 Å². The third kappa shape index (κ3) is 6.31. The van der Waals surface area contributed by atoms with Gasteiger partial charge in [0, 0.05) is 13.0 Å². The van der Waals surface area contributed by atoms with Gasteiger partial charge in [0.2, 0.25) is 0 Å². The van der Waals surface area contributed by atoms with Crippen LogP contribution in [0.1, 0.15) is 33.1 Å². The summed E-state index contributed by atoms with van der Waals surface area (Å²) in [5.41, 5.74) is -1.42. The molecule has 0 aromatic rings. The van der Waals surface area contributed by atoms with Crippen molar-refractivity contribution in [1.29, 1.82) is 0 Å². The maximum atomic E-state index is 11.8. The van der Waals surface area contributed by atoms with Crippen molar-refractivity contribution < 1.29 is 27.9 Å².